The van der Waals surface area contributed by atoms with E-state index in [1.165, 1.54) is 24.3 Å². The minimum Gasteiger partial charge on any atom is -0.507 e. The number of carbonyl (C=O) groups excluding carboxylic acids is 3. The molecule has 0 heterocycles. The zero-order valence-corrected chi connectivity index (χ0v) is 31.2. The van der Waals surface area contributed by atoms with Gasteiger partial charge in [-0.3, -0.25) is 14.4 Å². The first-order chi connectivity index (χ1) is 29.1. The van der Waals surface area contributed by atoms with Crippen molar-refractivity contribution < 1.29 is 34.8 Å². The van der Waals surface area contributed by atoms with E-state index >= 15 is 0 Å². The van der Waals surface area contributed by atoms with E-state index in [4.69, 9.17) is 0 Å². The fourth-order valence-electron chi connectivity index (χ4n) is 7.19. The lowest BCUT2D eigenvalue weighted by atomic mass is 10.0. The maximum absolute atomic E-state index is 13.8. The second-order valence-corrected chi connectivity index (χ2v) is 13.8. The van der Waals surface area contributed by atoms with Crippen molar-refractivity contribution in [2.24, 2.45) is 20.5 Å². The number of azo groups is 2. The average molecular weight is 791 g/mol. The molecular formula is C47H30N6O7. The molecule has 0 aromatic heterocycles. The van der Waals surface area contributed by atoms with E-state index in [1.807, 2.05) is 0 Å². The number of fused-ring (bicyclic) bond motifs is 5. The number of carbonyl (C=O) groups is 3. The van der Waals surface area contributed by atoms with Gasteiger partial charge in [-0.2, -0.15) is 10.2 Å². The molecule has 13 heteroatoms. The summed E-state index contributed by atoms with van der Waals surface area (Å²) >= 11 is 0. The van der Waals surface area contributed by atoms with Crippen molar-refractivity contribution in [2.45, 2.75) is 0 Å². The number of hydrogen-bond acceptors (Lipinski definition) is 11. The Balaban J connectivity index is 1.02. The molecule has 1 aliphatic rings. The Morgan fingerprint density at radius 1 is 0.433 bits per heavy atom. The van der Waals surface area contributed by atoms with Crippen LogP contribution in [0.15, 0.2) is 166 Å². The molecule has 0 bridgehead atoms. The summed E-state index contributed by atoms with van der Waals surface area (Å²) in [4.78, 5) is 40.4. The predicted octanol–water partition coefficient (Wildman–Crippen LogP) is 11.4. The Hall–Kier alpha value is -8.71. The summed E-state index contributed by atoms with van der Waals surface area (Å²) in [6.07, 6.45) is 0. The average Bonchev–Trinajstić information content (AvgIpc) is 3.53. The molecule has 0 aliphatic heterocycles. The van der Waals surface area contributed by atoms with Gasteiger partial charge < -0.3 is 31.1 Å². The monoisotopic (exact) mass is 790 g/mol. The zero-order chi connectivity index (χ0) is 41.5. The molecule has 0 saturated heterocycles. The van der Waals surface area contributed by atoms with Crippen LogP contribution in [0.5, 0.6) is 23.0 Å². The largest absolute Gasteiger partial charge is 0.507 e. The van der Waals surface area contributed by atoms with Crippen LogP contribution in [0.3, 0.4) is 0 Å². The molecule has 60 heavy (non-hydrogen) atoms. The van der Waals surface area contributed by atoms with Crippen molar-refractivity contribution >= 4 is 73.3 Å². The molecule has 0 spiro atoms. The van der Waals surface area contributed by atoms with E-state index in [2.05, 4.69) is 31.1 Å². The van der Waals surface area contributed by atoms with Gasteiger partial charge in [0, 0.05) is 22.5 Å². The Bertz CT molecular complexity index is 2940. The number of para-hydroxylation sites is 2. The summed E-state index contributed by atoms with van der Waals surface area (Å²) in [5, 5.41) is 68.1. The Labute approximate surface area is 340 Å². The highest BCUT2D eigenvalue weighted by Crippen LogP contribution is 2.46. The lowest BCUT2D eigenvalue weighted by Crippen LogP contribution is -2.12. The molecule has 0 atom stereocenters. The van der Waals surface area contributed by atoms with Crippen molar-refractivity contribution in [1.82, 2.24) is 0 Å². The molecule has 0 unspecified atom stereocenters. The summed E-state index contributed by atoms with van der Waals surface area (Å²) < 4.78 is 0. The standard InChI is InChI=1S/C47H30N6O7/c54-37-15-7-9-25-21-35(46(59)48-27-11-3-1-4-12-27)44(57)41(39(25)37)52-50-29-17-19-31-32-20-18-30(24-34(32)43(56)33(31)23-29)51-53-42-40-26(10-8-16-38(40)55)22-36(45(42)58)47(60)49-28-13-5-2-6-14-28/h1-24,54-55,57-58H,(H,48,59)(H,49,60). The molecule has 6 N–H and O–H groups in total. The third-order valence-corrected chi connectivity index (χ3v) is 10.1. The van der Waals surface area contributed by atoms with Gasteiger partial charge in [-0.15, -0.1) is 10.2 Å². The fourth-order valence-corrected chi connectivity index (χ4v) is 7.19. The molecule has 0 saturated carbocycles. The van der Waals surface area contributed by atoms with E-state index in [0.29, 0.717) is 44.4 Å². The maximum atomic E-state index is 13.8. The first-order valence-electron chi connectivity index (χ1n) is 18.5. The Morgan fingerprint density at radius 3 is 1.27 bits per heavy atom. The number of hydrogen-bond donors (Lipinski definition) is 6. The normalized spacial score (nSPS) is 12.0. The van der Waals surface area contributed by atoms with Crippen molar-refractivity contribution in [1.29, 1.82) is 0 Å². The highest BCUT2D eigenvalue weighted by molar-refractivity contribution is 6.22. The van der Waals surface area contributed by atoms with Gasteiger partial charge in [-0.25, -0.2) is 0 Å². The van der Waals surface area contributed by atoms with E-state index in [0.717, 1.165) is 0 Å². The SMILES string of the molecule is O=C1c2cc(N=Nc3c(O)c(C(=O)Nc4ccccc4)cc4cccc(O)c34)ccc2-c2ccc(N=Nc3c(O)c(C(=O)Nc4ccccc4)cc4cccc(O)c34)cc21. The fraction of sp³-hybridized carbons (Fsp3) is 0. The molecule has 0 fully saturated rings. The molecule has 2 amide bonds. The zero-order valence-electron chi connectivity index (χ0n) is 31.2. The lowest BCUT2D eigenvalue weighted by molar-refractivity contribution is 0.101. The van der Waals surface area contributed by atoms with Crippen LogP contribution in [-0.2, 0) is 0 Å². The Kier molecular flexibility index (Phi) is 9.22. The van der Waals surface area contributed by atoms with Crippen LogP contribution >= 0.6 is 0 Å². The minimum atomic E-state index is -0.594. The van der Waals surface area contributed by atoms with Crippen LogP contribution < -0.4 is 10.6 Å². The summed E-state index contributed by atoms with van der Waals surface area (Å²) in [6, 6.07) is 39.6. The number of phenols is 4. The Morgan fingerprint density at radius 2 is 0.850 bits per heavy atom. The van der Waals surface area contributed by atoms with Crippen molar-refractivity contribution in [3.05, 3.63) is 168 Å². The molecule has 0 radical (unpaired) electrons. The summed E-state index contributed by atoms with van der Waals surface area (Å²) in [7, 11) is 0. The van der Waals surface area contributed by atoms with Crippen molar-refractivity contribution in [2.75, 3.05) is 10.6 Å². The molecule has 13 nitrogen and oxygen atoms in total. The third kappa shape index (κ3) is 6.67. The number of rotatable bonds is 8. The number of nitrogens with zero attached hydrogens (tertiary/aromatic N) is 4. The topological polar surface area (TPSA) is 206 Å². The first-order valence-corrected chi connectivity index (χ1v) is 18.5. The highest BCUT2D eigenvalue weighted by atomic mass is 16.3. The quantitative estimate of drug-likeness (QED) is 0.0820. The van der Waals surface area contributed by atoms with Gasteiger partial charge in [-0.05, 0) is 94.7 Å². The van der Waals surface area contributed by atoms with Crippen molar-refractivity contribution in [3.63, 3.8) is 0 Å². The highest BCUT2D eigenvalue weighted by Gasteiger charge is 2.28. The molecule has 1 aliphatic carbocycles. The maximum Gasteiger partial charge on any atom is 0.259 e. The molecule has 290 valence electrons. The lowest BCUT2D eigenvalue weighted by Gasteiger charge is -2.12. The van der Waals surface area contributed by atoms with Crippen LogP contribution in [0.2, 0.25) is 0 Å². The first kappa shape index (κ1) is 36.9. The van der Waals surface area contributed by atoms with Gasteiger partial charge in [0.1, 0.15) is 22.9 Å². The number of ketones is 1. The smallest absolute Gasteiger partial charge is 0.259 e. The molecular weight excluding hydrogens is 761 g/mol. The van der Waals surface area contributed by atoms with Gasteiger partial charge in [0.2, 0.25) is 0 Å². The van der Waals surface area contributed by atoms with E-state index in [-0.39, 0.29) is 61.9 Å². The third-order valence-electron chi connectivity index (χ3n) is 10.1. The predicted molar refractivity (Wildman–Crippen MR) is 227 cm³/mol. The number of benzene rings is 8. The molecule has 8 aromatic carbocycles. The van der Waals surface area contributed by atoms with Gasteiger partial charge in [0.05, 0.1) is 33.3 Å². The van der Waals surface area contributed by atoms with Crippen LogP contribution in [-0.4, -0.2) is 38.0 Å². The van der Waals surface area contributed by atoms with Crippen LogP contribution in [0.25, 0.3) is 32.7 Å². The van der Waals surface area contributed by atoms with Crippen LogP contribution in [0, 0.1) is 0 Å². The number of amides is 2. The van der Waals surface area contributed by atoms with E-state index in [9.17, 15) is 34.8 Å². The van der Waals surface area contributed by atoms with Gasteiger partial charge in [-0.1, -0.05) is 72.8 Å². The second-order valence-electron chi connectivity index (χ2n) is 13.8. The van der Waals surface area contributed by atoms with Crippen LogP contribution in [0.4, 0.5) is 34.1 Å². The number of phenolic OH excluding ortho intramolecular Hbond substituents is 4. The van der Waals surface area contributed by atoms with Gasteiger partial charge in [0.15, 0.2) is 17.3 Å². The van der Waals surface area contributed by atoms with Gasteiger partial charge in [0.25, 0.3) is 11.8 Å². The van der Waals surface area contributed by atoms with Gasteiger partial charge >= 0.3 is 0 Å². The summed E-state index contributed by atoms with van der Waals surface area (Å²) in [6.45, 7) is 0. The number of nitrogens with one attached hydrogen (secondary N) is 2. The van der Waals surface area contributed by atoms with E-state index < -0.39 is 23.3 Å². The molecule has 8 aromatic rings. The number of anilines is 2. The summed E-state index contributed by atoms with van der Waals surface area (Å²) in [5.74, 6) is -2.87. The van der Waals surface area contributed by atoms with Crippen molar-refractivity contribution in [3.8, 4) is 34.1 Å². The van der Waals surface area contributed by atoms with Crippen LogP contribution in [0.1, 0.15) is 36.6 Å². The molecule has 9 rings (SSSR count). The second kappa shape index (κ2) is 15.0. The summed E-state index contributed by atoms with van der Waals surface area (Å²) in [5.41, 5.74) is 3.04. The van der Waals surface area contributed by atoms with E-state index in [1.54, 1.807) is 121 Å². The minimum absolute atomic E-state index is 0.0834. The number of aromatic hydroxyl groups is 4.